The molecule has 0 aromatic carbocycles. The molecule has 0 radical (unpaired) electrons. The molecule has 100 valence electrons. The van der Waals surface area contributed by atoms with Crippen molar-refractivity contribution in [1.29, 1.82) is 0 Å². The van der Waals surface area contributed by atoms with Gasteiger partial charge in [-0.25, -0.2) is 0 Å². The fraction of sp³-hybridized carbons (Fsp3) is 0.692. The summed E-state index contributed by atoms with van der Waals surface area (Å²) in [5.41, 5.74) is 1.11. The van der Waals surface area contributed by atoms with Crippen LogP contribution in [0.5, 0.6) is 0 Å². The normalized spacial score (nSPS) is 18.4. The van der Waals surface area contributed by atoms with E-state index >= 15 is 0 Å². The Morgan fingerprint density at radius 3 is 2.83 bits per heavy atom. The molecule has 0 aliphatic heterocycles. The molecule has 1 aromatic rings. The first-order valence-corrected chi connectivity index (χ1v) is 6.69. The Kier molecular flexibility index (Phi) is 4.01. The van der Waals surface area contributed by atoms with Gasteiger partial charge in [-0.05, 0) is 33.6 Å². The van der Waals surface area contributed by atoms with Crippen molar-refractivity contribution >= 4 is 5.91 Å². The lowest BCUT2D eigenvalue weighted by atomic mass is 10.1. The third-order valence-corrected chi connectivity index (χ3v) is 3.29. The number of aryl methyl sites for hydroxylation is 1. The smallest absolute Gasteiger partial charge is 0.237 e. The van der Waals surface area contributed by atoms with Gasteiger partial charge in [-0.1, -0.05) is 0 Å². The maximum atomic E-state index is 11.8. The van der Waals surface area contributed by atoms with Crippen LogP contribution in [0.2, 0.25) is 0 Å². The molecule has 5 nitrogen and oxygen atoms in total. The van der Waals surface area contributed by atoms with Crippen LogP contribution in [0, 0.1) is 0 Å². The number of aromatic nitrogens is 2. The molecular formula is C13H22N4O. The van der Waals surface area contributed by atoms with Crippen molar-refractivity contribution in [2.75, 3.05) is 0 Å². The standard InChI is InChI=1S/C13H22N4O/c1-4-17-8-11(7-14-17)9(2)15-10(3)13(18)16-12-5-6-12/h7-10,12,15H,4-6H2,1-3H3,(H,16,18). The second-order valence-electron chi connectivity index (χ2n) is 5.02. The fourth-order valence-electron chi connectivity index (χ4n) is 1.88. The molecule has 0 spiro atoms. The molecule has 18 heavy (non-hydrogen) atoms. The zero-order valence-electron chi connectivity index (χ0n) is 11.3. The van der Waals surface area contributed by atoms with Crippen LogP contribution < -0.4 is 10.6 Å². The van der Waals surface area contributed by atoms with Gasteiger partial charge in [-0.3, -0.25) is 14.8 Å². The Bertz CT molecular complexity index is 411. The molecular weight excluding hydrogens is 228 g/mol. The first-order chi connectivity index (χ1) is 8.60. The van der Waals surface area contributed by atoms with Crippen LogP contribution in [-0.2, 0) is 11.3 Å². The van der Waals surface area contributed by atoms with Gasteiger partial charge in [0.2, 0.25) is 5.91 Å². The maximum Gasteiger partial charge on any atom is 0.237 e. The maximum absolute atomic E-state index is 11.8. The van der Waals surface area contributed by atoms with Gasteiger partial charge in [0.1, 0.15) is 0 Å². The molecule has 1 aliphatic rings. The molecule has 1 amide bonds. The van der Waals surface area contributed by atoms with Gasteiger partial charge in [0.05, 0.1) is 12.2 Å². The Morgan fingerprint density at radius 1 is 1.56 bits per heavy atom. The van der Waals surface area contributed by atoms with Crippen molar-refractivity contribution in [2.24, 2.45) is 0 Å². The molecule has 1 saturated carbocycles. The second-order valence-corrected chi connectivity index (χ2v) is 5.02. The summed E-state index contributed by atoms with van der Waals surface area (Å²) in [4.78, 5) is 11.8. The fourth-order valence-corrected chi connectivity index (χ4v) is 1.88. The lowest BCUT2D eigenvalue weighted by molar-refractivity contribution is -0.123. The number of amides is 1. The predicted octanol–water partition coefficient (Wildman–Crippen LogP) is 1.22. The Hall–Kier alpha value is -1.36. The van der Waals surface area contributed by atoms with Gasteiger partial charge in [0, 0.05) is 30.4 Å². The number of carbonyl (C=O) groups is 1. The van der Waals surface area contributed by atoms with E-state index in [1.54, 1.807) is 0 Å². The number of rotatable bonds is 6. The lowest BCUT2D eigenvalue weighted by Crippen LogP contribution is -2.43. The van der Waals surface area contributed by atoms with Crippen LogP contribution in [0.3, 0.4) is 0 Å². The van der Waals surface area contributed by atoms with Gasteiger partial charge in [0.15, 0.2) is 0 Å². The second kappa shape index (κ2) is 5.52. The minimum absolute atomic E-state index is 0.0900. The lowest BCUT2D eigenvalue weighted by Gasteiger charge is -2.18. The molecule has 1 aliphatic carbocycles. The Balaban J connectivity index is 1.85. The molecule has 5 heteroatoms. The third-order valence-electron chi connectivity index (χ3n) is 3.29. The largest absolute Gasteiger partial charge is 0.352 e. The summed E-state index contributed by atoms with van der Waals surface area (Å²) < 4.78 is 1.89. The topological polar surface area (TPSA) is 59.0 Å². The van der Waals surface area contributed by atoms with E-state index in [2.05, 4.69) is 29.6 Å². The number of hydrogen-bond donors (Lipinski definition) is 2. The first kappa shape index (κ1) is 13.1. The summed E-state index contributed by atoms with van der Waals surface area (Å²) in [5.74, 6) is 0.0900. The van der Waals surface area contributed by atoms with Crippen molar-refractivity contribution in [3.63, 3.8) is 0 Å². The summed E-state index contributed by atoms with van der Waals surface area (Å²) in [6.07, 6.45) is 6.12. The van der Waals surface area contributed by atoms with E-state index in [1.807, 2.05) is 24.0 Å². The molecule has 0 bridgehead atoms. The number of hydrogen-bond acceptors (Lipinski definition) is 3. The van der Waals surface area contributed by atoms with E-state index in [0.29, 0.717) is 6.04 Å². The van der Waals surface area contributed by atoms with Crippen LogP contribution in [0.15, 0.2) is 12.4 Å². The number of carbonyl (C=O) groups excluding carboxylic acids is 1. The van der Waals surface area contributed by atoms with Crippen LogP contribution in [0.1, 0.15) is 45.2 Å². The minimum Gasteiger partial charge on any atom is -0.352 e. The zero-order chi connectivity index (χ0) is 13.1. The van der Waals surface area contributed by atoms with Gasteiger partial charge in [-0.2, -0.15) is 5.10 Å². The van der Waals surface area contributed by atoms with E-state index in [0.717, 1.165) is 24.9 Å². The van der Waals surface area contributed by atoms with Crippen molar-refractivity contribution in [2.45, 2.75) is 58.3 Å². The highest BCUT2D eigenvalue weighted by molar-refractivity contribution is 5.81. The highest BCUT2D eigenvalue weighted by Crippen LogP contribution is 2.19. The van der Waals surface area contributed by atoms with Gasteiger partial charge in [-0.15, -0.1) is 0 Å². The molecule has 2 unspecified atom stereocenters. The van der Waals surface area contributed by atoms with Crippen molar-refractivity contribution < 1.29 is 4.79 Å². The SMILES string of the molecule is CCn1cc(C(C)NC(C)C(=O)NC2CC2)cn1. The van der Waals surface area contributed by atoms with Crippen LogP contribution in [-0.4, -0.2) is 27.8 Å². The Labute approximate surface area is 108 Å². The number of nitrogens with one attached hydrogen (secondary N) is 2. The molecule has 2 N–H and O–H groups in total. The molecule has 2 rings (SSSR count). The first-order valence-electron chi connectivity index (χ1n) is 6.69. The molecule has 1 aromatic heterocycles. The summed E-state index contributed by atoms with van der Waals surface area (Å²) in [6.45, 7) is 6.88. The molecule has 1 fully saturated rings. The summed E-state index contributed by atoms with van der Waals surface area (Å²) >= 11 is 0. The number of nitrogens with zero attached hydrogens (tertiary/aromatic N) is 2. The highest BCUT2D eigenvalue weighted by Gasteiger charge is 2.26. The quantitative estimate of drug-likeness (QED) is 0.798. The predicted molar refractivity (Wildman–Crippen MR) is 70.1 cm³/mol. The van der Waals surface area contributed by atoms with E-state index < -0.39 is 0 Å². The van der Waals surface area contributed by atoms with E-state index in [4.69, 9.17) is 0 Å². The van der Waals surface area contributed by atoms with Crippen molar-refractivity contribution in [1.82, 2.24) is 20.4 Å². The molecule has 2 atom stereocenters. The van der Waals surface area contributed by atoms with E-state index in [-0.39, 0.29) is 18.0 Å². The average molecular weight is 250 g/mol. The van der Waals surface area contributed by atoms with E-state index in [1.165, 1.54) is 0 Å². The summed E-state index contributed by atoms with van der Waals surface area (Å²) in [7, 11) is 0. The van der Waals surface area contributed by atoms with Gasteiger partial charge >= 0.3 is 0 Å². The van der Waals surface area contributed by atoms with Crippen LogP contribution in [0.25, 0.3) is 0 Å². The Morgan fingerprint density at radius 2 is 2.28 bits per heavy atom. The molecule has 0 saturated heterocycles. The minimum atomic E-state index is -0.175. The van der Waals surface area contributed by atoms with Crippen LogP contribution in [0.4, 0.5) is 0 Å². The monoisotopic (exact) mass is 250 g/mol. The van der Waals surface area contributed by atoms with Crippen molar-refractivity contribution in [3.05, 3.63) is 18.0 Å². The van der Waals surface area contributed by atoms with Gasteiger partial charge in [0.25, 0.3) is 0 Å². The summed E-state index contributed by atoms with van der Waals surface area (Å²) in [6, 6.07) is 0.371. The molecule has 1 heterocycles. The van der Waals surface area contributed by atoms with Gasteiger partial charge < -0.3 is 5.32 Å². The summed E-state index contributed by atoms with van der Waals surface area (Å²) in [5, 5.41) is 10.5. The van der Waals surface area contributed by atoms with Crippen LogP contribution >= 0.6 is 0 Å². The zero-order valence-corrected chi connectivity index (χ0v) is 11.3. The average Bonchev–Trinajstić information content (AvgIpc) is 3.03. The third kappa shape index (κ3) is 3.32. The highest BCUT2D eigenvalue weighted by atomic mass is 16.2. The van der Waals surface area contributed by atoms with Crippen molar-refractivity contribution in [3.8, 4) is 0 Å². The van der Waals surface area contributed by atoms with E-state index in [9.17, 15) is 4.79 Å².